The van der Waals surface area contributed by atoms with Crippen molar-refractivity contribution < 1.29 is 0 Å². The van der Waals surface area contributed by atoms with Gasteiger partial charge in [0.05, 0.1) is 10.7 Å². The lowest BCUT2D eigenvalue weighted by Crippen LogP contribution is -2.07. The molecule has 1 atom stereocenters. The first-order chi connectivity index (χ1) is 9.60. The third kappa shape index (κ3) is 3.91. The molecule has 0 aromatic heterocycles. The minimum Gasteiger partial charge on any atom is -0.377 e. The van der Waals surface area contributed by atoms with Gasteiger partial charge in [-0.2, -0.15) is 0 Å². The molecule has 1 unspecified atom stereocenters. The lowest BCUT2D eigenvalue weighted by Gasteiger charge is -2.17. The van der Waals surface area contributed by atoms with Gasteiger partial charge in [0, 0.05) is 11.1 Å². The van der Waals surface area contributed by atoms with E-state index in [-0.39, 0.29) is 6.04 Å². The van der Waals surface area contributed by atoms with Crippen LogP contribution in [-0.2, 0) is 6.42 Å². The Labute approximate surface area is 130 Å². The minimum absolute atomic E-state index is 0.182. The largest absolute Gasteiger partial charge is 0.377 e. The van der Waals surface area contributed by atoms with Crippen LogP contribution in [0.1, 0.15) is 37.4 Å². The third-order valence-electron chi connectivity index (χ3n) is 3.32. The van der Waals surface area contributed by atoms with Gasteiger partial charge in [-0.1, -0.05) is 60.8 Å². The molecule has 0 bridgehead atoms. The average Bonchev–Trinajstić information content (AvgIpc) is 2.44. The maximum Gasteiger partial charge on any atom is 0.0638 e. The van der Waals surface area contributed by atoms with Gasteiger partial charge in [-0.3, -0.25) is 0 Å². The normalized spacial score (nSPS) is 12.2. The number of halogens is 2. The highest BCUT2D eigenvalue weighted by Crippen LogP contribution is 2.29. The van der Waals surface area contributed by atoms with Crippen LogP contribution >= 0.6 is 23.2 Å². The Morgan fingerprint density at radius 2 is 1.75 bits per heavy atom. The Kier molecular flexibility index (Phi) is 5.33. The minimum atomic E-state index is 0.182. The number of rotatable bonds is 5. The molecule has 0 saturated heterocycles. The predicted molar refractivity (Wildman–Crippen MR) is 88.9 cm³/mol. The van der Waals surface area contributed by atoms with E-state index in [0.717, 1.165) is 12.1 Å². The smallest absolute Gasteiger partial charge is 0.0638 e. The maximum absolute atomic E-state index is 6.17. The molecule has 20 heavy (non-hydrogen) atoms. The number of anilines is 1. The Morgan fingerprint density at radius 1 is 1.05 bits per heavy atom. The van der Waals surface area contributed by atoms with Crippen LogP contribution in [0.5, 0.6) is 0 Å². The van der Waals surface area contributed by atoms with Crippen LogP contribution in [-0.4, -0.2) is 0 Å². The molecule has 1 N–H and O–H groups in total. The summed E-state index contributed by atoms with van der Waals surface area (Å²) in [6.45, 7) is 4.31. The molecule has 2 rings (SSSR count). The molecule has 0 aliphatic carbocycles. The van der Waals surface area contributed by atoms with Gasteiger partial charge in [-0.15, -0.1) is 0 Å². The van der Waals surface area contributed by atoms with Gasteiger partial charge in [0.1, 0.15) is 0 Å². The highest BCUT2D eigenvalue weighted by Gasteiger charge is 2.08. The standard InChI is InChI=1S/C17H19Cl2N/c1-3-4-13-5-7-14(8-6-13)12(2)20-17-11-15(18)9-10-16(17)19/h5-12,20H,3-4H2,1-2H3. The van der Waals surface area contributed by atoms with Gasteiger partial charge < -0.3 is 5.32 Å². The van der Waals surface area contributed by atoms with Crippen molar-refractivity contribution in [3.8, 4) is 0 Å². The summed E-state index contributed by atoms with van der Waals surface area (Å²) in [6.07, 6.45) is 2.30. The van der Waals surface area contributed by atoms with Crippen molar-refractivity contribution in [2.24, 2.45) is 0 Å². The molecule has 0 amide bonds. The average molecular weight is 308 g/mol. The zero-order valence-corrected chi connectivity index (χ0v) is 13.3. The fourth-order valence-corrected chi connectivity index (χ4v) is 2.53. The van der Waals surface area contributed by atoms with E-state index in [4.69, 9.17) is 23.2 Å². The fourth-order valence-electron chi connectivity index (χ4n) is 2.19. The van der Waals surface area contributed by atoms with Gasteiger partial charge >= 0.3 is 0 Å². The summed E-state index contributed by atoms with van der Waals surface area (Å²) >= 11 is 12.2. The maximum atomic E-state index is 6.17. The number of benzene rings is 2. The molecule has 3 heteroatoms. The van der Waals surface area contributed by atoms with Crippen LogP contribution in [0.3, 0.4) is 0 Å². The Bertz CT molecular complexity index is 564. The van der Waals surface area contributed by atoms with Crippen LogP contribution in [0.25, 0.3) is 0 Å². The molecule has 0 spiro atoms. The van der Waals surface area contributed by atoms with Crippen LogP contribution < -0.4 is 5.32 Å². The van der Waals surface area contributed by atoms with Crippen molar-refractivity contribution in [3.63, 3.8) is 0 Å². The summed E-state index contributed by atoms with van der Waals surface area (Å²) in [5, 5.41) is 4.77. The predicted octanol–water partition coefficient (Wildman–Crippen LogP) is 6.12. The lowest BCUT2D eigenvalue weighted by molar-refractivity contribution is 0.876. The molecule has 2 aromatic rings. The monoisotopic (exact) mass is 307 g/mol. The van der Waals surface area contributed by atoms with Crippen molar-refractivity contribution >= 4 is 28.9 Å². The van der Waals surface area contributed by atoms with E-state index in [1.54, 1.807) is 6.07 Å². The van der Waals surface area contributed by atoms with Crippen LogP contribution in [0.4, 0.5) is 5.69 Å². The van der Waals surface area contributed by atoms with E-state index >= 15 is 0 Å². The highest BCUT2D eigenvalue weighted by atomic mass is 35.5. The van der Waals surface area contributed by atoms with Crippen molar-refractivity contribution in [2.45, 2.75) is 32.7 Å². The summed E-state index contributed by atoms with van der Waals surface area (Å²) in [4.78, 5) is 0. The zero-order valence-electron chi connectivity index (χ0n) is 11.8. The molecule has 2 aromatic carbocycles. The molecular formula is C17H19Cl2N. The highest BCUT2D eigenvalue weighted by molar-refractivity contribution is 6.35. The van der Waals surface area contributed by atoms with E-state index in [2.05, 4.69) is 43.4 Å². The molecular weight excluding hydrogens is 289 g/mol. The van der Waals surface area contributed by atoms with Gasteiger partial charge in [-0.05, 0) is 42.7 Å². The first-order valence-corrected chi connectivity index (χ1v) is 7.66. The van der Waals surface area contributed by atoms with Crippen LogP contribution in [0, 0.1) is 0 Å². The van der Waals surface area contributed by atoms with E-state index in [1.807, 2.05) is 12.1 Å². The van der Waals surface area contributed by atoms with Gasteiger partial charge in [0.25, 0.3) is 0 Å². The Balaban J connectivity index is 2.11. The molecule has 0 aliphatic heterocycles. The second kappa shape index (κ2) is 7.01. The summed E-state index contributed by atoms with van der Waals surface area (Å²) in [7, 11) is 0. The summed E-state index contributed by atoms with van der Waals surface area (Å²) in [5.41, 5.74) is 3.48. The van der Waals surface area contributed by atoms with E-state index in [1.165, 1.54) is 17.5 Å². The first-order valence-electron chi connectivity index (χ1n) is 6.90. The number of aryl methyl sites for hydroxylation is 1. The van der Waals surface area contributed by atoms with Crippen LogP contribution in [0.2, 0.25) is 10.0 Å². The zero-order chi connectivity index (χ0) is 14.5. The van der Waals surface area contributed by atoms with Gasteiger partial charge in [0.15, 0.2) is 0 Å². The van der Waals surface area contributed by atoms with Crippen molar-refractivity contribution in [3.05, 3.63) is 63.6 Å². The quantitative estimate of drug-likeness (QED) is 0.701. The molecule has 0 aliphatic rings. The lowest BCUT2D eigenvalue weighted by atomic mass is 10.0. The molecule has 0 fully saturated rings. The Morgan fingerprint density at radius 3 is 2.40 bits per heavy atom. The van der Waals surface area contributed by atoms with Crippen molar-refractivity contribution in [2.75, 3.05) is 5.32 Å². The SMILES string of the molecule is CCCc1ccc(C(C)Nc2cc(Cl)ccc2Cl)cc1. The molecule has 0 radical (unpaired) electrons. The Hall–Kier alpha value is -1.18. The second-order valence-electron chi connectivity index (χ2n) is 4.98. The van der Waals surface area contributed by atoms with E-state index in [0.29, 0.717) is 10.0 Å². The summed E-state index contributed by atoms with van der Waals surface area (Å²) in [5.74, 6) is 0. The van der Waals surface area contributed by atoms with E-state index < -0.39 is 0 Å². The summed E-state index contributed by atoms with van der Waals surface area (Å²) in [6, 6.07) is 14.4. The summed E-state index contributed by atoms with van der Waals surface area (Å²) < 4.78 is 0. The molecule has 106 valence electrons. The number of nitrogens with one attached hydrogen (secondary N) is 1. The van der Waals surface area contributed by atoms with Crippen LogP contribution in [0.15, 0.2) is 42.5 Å². The molecule has 0 heterocycles. The number of hydrogen-bond donors (Lipinski definition) is 1. The fraction of sp³-hybridized carbons (Fsp3) is 0.294. The number of hydrogen-bond acceptors (Lipinski definition) is 1. The topological polar surface area (TPSA) is 12.0 Å². The van der Waals surface area contributed by atoms with Crippen molar-refractivity contribution in [1.82, 2.24) is 0 Å². The third-order valence-corrected chi connectivity index (χ3v) is 3.88. The molecule has 1 nitrogen and oxygen atoms in total. The second-order valence-corrected chi connectivity index (χ2v) is 5.83. The molecule has 0 saturated carbocycles. The van der Waals surface area contributed by atoms with E-state index in [9.17, 15) is 0 Å². The van der Waals surface area contributed by atoms with Crippen molar-refractivity contribution in [1.29, 1.82) is 0 Å². The first kappa shape index (κ1) is 15.2. The van der Waals surface area contributed by atoms with Gasteiger partial charge in [0.2, 0.25) is 0 Å². The van der Waals surface area contributed by atoms with Gasteiger partial charge in [-0.25, -0.2) is 0 Å².